The summed E-state index contributed by atoms with van der Waals surface area (Å²) in [5.74, 6) is -0.144. The topological polar surface area (TPSA) is 119 Å². The summed E-state index contributed by atoms with van der Waals surface area (Å²) in [4.78, 5) is 23.5. The van der Waals surface area contributed by atoms with E-state index in [0.29, 0.717) is 50.6 Å². The lowest BCUT2D eigenvalue weighted by molar-refractivity contribution is 0.0734. The zero-order chi connectivity index (χ0) is 25.9. The maximum Gasteiger partial charge on any atom is 0.229 e. The number of hydrogen-bond acceptors (Lipinski definition) is 8. The number of aromatic hydroxyl groups is 2. The average molecular weight is 493 g/mol. The summed E-state index contributed by atoms with van der Waals surface area (Å²) in [5, 5.41) is 18.8. The van der Waals surface area contributed by atoms with Crippen LogP contribution in [0.3, 0.4) is 0 Å². The molecule has 2 aromatic rings. The molecule has 0 aliphatic rings. The highest BCUT2D eigenvalue weighted by atomic mass is 16.5. The molecular formula is C27H40O8. The van der Waals surface area contributed by atoms with Gasteiger partial charge in [-0.1, -0.05) is 27.7 Å². The molecule has 0 bridgehead atoms. The summed E-state index contributed by atoms with van der Waals surface area (Å²) in [6.07, 6.45) is 9.15. The Morgan fingerprint density at radius 2 is 1.34 bits per heavy atom. The van der Waals surface area contributed by atoms with Crippen molar-refractivity contribution >= 4 is 0 Å². The van der Waals surface area contributed by atoms with Crippen molar-refractivity contribution in [1.82, 2.24) is 0 Å². The van der Waals surface area contributed by atoms with Gasteiger partial charge in [0.2, 0.25) is 10.9 Å². The molecule has 0 amide bonds. The van der Waals surface area contributed by atoms with E-state index < -0.39 is 5.43 Å². The van der Waals surface area contributed by atoms with Crippen LogP contribution in [0.5, 0.6) is 11.5 Å². The van der Waals surface area contributed by atoms with Crippen LogP contribution in [0.25, 0.3) is 0 Å². The molecule has 0 atom stereocenters. The van der Waals surface area contributed by atoms with Crippen molar-refractivity contribution in [3.8, 4) is 11.5 Å². The fraction of sp³-hybridized carbons (Fsp3) is 0.630. The minimum absolute atomic E-state index is 0.0436. The van der Waals surface area contributed by atoms with E-state index in [2.05, 4.69) is 27.7 Å². The molecule has 0 spiro atoms. The van der Waals surface area contributed by atoms with Crippen LogP contribution >= 0.6 is 0 Å². The maximum atomic E-state index is 12.0. The summed E-state index contributed by atoms with van der Waals surface area (Å²) >= 11 is 0. The monoisotopic (exact) mass is 492 g/mol. The van der Waals surface area contributed by atoms with Gasteiger partial charge >= 0.3 is 0 Å². The molecular weight excluding hydrogens is 452 g/mol. The van der Waals surface area contributed by atoms with Gasteiger partial charge in [-0.2, -0.15) is 0 Å². The van der Waals surface area contributed by atoms with Crippen LogP contribution in [0.4, 0.5) is 0 Å². The Labute approximate surface area is 206 Å². The van der Waals surface area contributed by atoms with Crippen LogP contribution in [0.1, 0.15) is 71.1 Å². The Morgan fingerprint density at radius 1 is 0.771 bits per heavy atom. The van der Waals surface area contributed by atoms with Gasteiger partial charge in [0.15, 0.2) is 11.5 Å². The zero-order valence-electron chi connectivity index (χ0n) is 21.4. The molecule has 0 aliphatic heterocycles. The molecule has 196 valence electrons. The van der Waals surface area contributed by atoms with Gasteiger partial charge in [-0.15, -0.1) is 0 Å². The Kier molecular flexibility index (Phi) is 11.0. The normalized spacial score (nSPS) is 12.2. The van der Waals surface area contributed by atoms with E-state index in [-0.39, 0.29) is 27.8 Å². The fourth-order valence-electron chi connectivity index (χ4n) is 4.05. The molecule has 0 aromatic carbocycles. The molecule has 0 unspecified atom stereocenters. The van der Waals surface area contributed by atoms with Crippen molar-refractivity contribution in [2.24, 2.45) is 10.8 Å². The molecule has 2 N–H and O–H groups in total. The second-order valence-electron chi connectivity index (χ2n) is 10.7. The van der Waals surface area contributed by atoms with Gasteiger partial charge < -0.3 is 28.5 Å². The van der Waals surface area contributed by atoms with Crippen LogP contribution in [-0.4, -0.2) is 36.6 Å². The Bertz CT molecular complexity index is 1020. The van der Waals surface area contributed by atoms with Crippen molar-refractivity contribution in [2.75, 3.05) is 26.4 Å². The summed E-state index contributed by atoms with van der Waals surface area (Å²) in [6.45, 7) is 11.0. The lowest BCUT2D eigenvalue weighted by Gasteiger charge is -2.24. The standard InChI is InChI=1S/C27H40O8/c1-26(2,15-20-17-34-18-24(30)25(20)31)8-5-10-32-12-7-13-33-11-6-9-27(3,4)16-21-14-22(28)23(29)19-35-21/h14,17-19,29-30H,5-13,15-16H2,1-4H3. The summed E-state index contributed by atoms with van der Waals surface area (Å²) < 4.78 is 21.7. The van der Waals surface area contributed by atoms with E-state index in [4.69, 9.17) is 18.3 Å². The van der Waals surface area contributed by atoms with E-state index in [1.807, 2.05) is 0 Å². The molecule has 35 heavy (non-hydrogen) atoms. The van der Waals surface area contributed by atoms with Gasteiger partial charge in [-0.05, 0) is 49.4 Å². The second kappa shape index (κ2) is 13.5. The molecule has 2 rings (SSSR count). The highest BCUT2D eigenvalue weighted by Crippen LogP contribution is 2.28. The first-order chi connectivity index (χ1) is 16.5. The van der Waals surface area contributed by atoms with Crippen molar-refractivity contribution in [2.45, 2.75) is 72.6 Å². The first-order valence-electron chi connectivity index (χ1n) is 12.2. The predicted molar refractivity (Wildman–Crippen MR) is 133 cm³/mol. The second-order valence-corrected chi connectivity index (χ2v) is 10.7. The van der Waals surface area contributed by atoms with E-state index in [1.165, 1.54) is 12.3 Å². The number of hydrogen-bond donors (Lipinski definition) is 2. The molecule has 0 fully saturated rings. The van der Waals surface area contributed by atoms with Crippen molar-refractivity contribution in [1.29, 1.82) is 0 Å². The molecule has 2 aromatic heterocycles. The first kappa shape index (κ1) is 28.7. The van der Waals surface area contributed by atoms with Gasteiger partial charge in [-0.25, -0.2) is 0 Å². The lowest BCUT2D eigenvalue weighted by atomic mass is 9.82. The van der Waals surface area contributed by atoms with E-state index >= 15 is 0 Å². The smallest absolute Gasteiger partial charge is 0.229 e. The summed E-state index contributed by atoms with van der Waals surface area (Å²) in [6, 6.07) is 1.35. The van der Waals surface area contributed by atoms with E-state index in [9.17, 15) is 19.8 Å². The molecule has 8 heteroatoms. The molecule has 0 saturated carbocycles. The maximum absolute atomic E-state index is 12.0. The minimum Gasteiger partial charge on any atom is -0.502 e. The van der Waals surface area contributed by atoms with Crippen molar-refractivity contribution in [3.63, 3.8) is 0 Å². The quantitative estimate of drug-likeness (QED) is 0.320. The van der Waals surface area contributed by atoms with E-state index in [0.717, 1.165) is 44.6 Å². The number of rotatable bonds is 16. The average Bonchev–Trinajstić information content (AvgIpc) is 2.77. The van der Waals surface area contributed by atoms with Gasteiger partial charge in [-0.3, -0.25) is 9.59 Å². The van der Waals surface area contributed by atoms with Crippen LogP contribution in [-0.2, 0) is 22.3 Å². The SMILES string of the molecule is CC(C)(CCCOCCCOCCCC(C)(C)Cc1cocc(O)c1=O)Cc1cc(=O)c(O)co1. The molecule has 2 heterocycles. The molecule has 0 aliphatic carbocycles. The van der Waals surface area contributed by atoms with Gasteiger partial charge in [0.1, 0.15) is 18.3 Å². The zero-order valence-corrected chi connectivity index (χ0v) is 21.4. The Morgan fingerprint density at radius 3 is 1.94 bits per heavy atom. The van der Waals surface area contributed by atoms with Gasteiger partial charge in [0.05, 0.1) is 6.26 Å². The summed E-state index contributed by atoms with van der Waals surface area (Å²) in [5.41, 5.74) is -0.439. The fourth-order valence-corrected chi connectivity index (χ4v) is 4.05. The Hall–Kier alpha value is -2.58. The van der Waals surface area contributed by atoms with Crippen molar-refractivity contribution < 1.29 is 28.5 Å². The van der Waals surface area contributed by atoms with E-state index in [1.54, 1.807) is 0 Å². The van der Waals surface area contributed by atoms with Crippen molar-refractivity contribution in [3.05, 3.63) is 56.6 Å². The van der Waals surface area contributed by atoms with Crippen LogP contribution in [0, 0.1) is 10.8 Å². The van der Waals surface area contributed by atoms with Crippen LogP contribution < -0.4 is 10.9 Å². The lowest BCUT2D eigenvalue weighted by Crippen LogP contribution is -2.20. The first-order valence-corrected chi connectivity index (χ1v) is 12.2. The van der Waals surface area contributed by atoms with Crippen LogP contribution in [0.15, 0.2) is 43.3 Å². The van der Waals surface area contributed by atoms with Gasteiger partial charge in [0.25, 0.3) is 0 Å². The van der Waals surface area contributed by atoms with Gasteiger partial charge in [0, 0.05) is 44.5 Å². The molecule has 8 nitrogen and oxygen atoms in total. The minimum atomic E-state index is -0.418. The third-order valence-electron chi connectivity index (χ3n) is 5.96. The third kappa shape index (κ3) is 10.7. The highest BCUT2D eigenvalue weighted by molar-refractivity contribution is 5.21. The molecule has 0 radical (unpaired) electrons. The van der Waals surface area contributed by atoms with Crippen LogP contribution in [0.2, 0.25) is 0 Å². The summed E-state index contributed by atoms with van der Waals surface area (Å²) in [7, 11) is 0. The number of ether oxygens (including phenoxy) is 2. The molecule has 0 saturated heterocycles. The third-order valence-corrected chi connectivity index (χ3v) is 5.96. The largest absolute Gasteiger partial charge is 0.502 e. The Balaban J connectivity index is 1.50. The highest BCUT2D eigenvalue weighted by Gasteiger charge is 2.21. The predicted octanol–water partition coefficient (Wildman–Crippen LogP) is 4.83.